The molecular formula is C15H23Cl. The summed E-state index contributed by atoms with van der Waals surface area (Å²) in [7, 11) is 0. The molecular weight excluding hydrogens is 216 g/mol. The molecule has 16 heavy (non-hydrogen) atoms. The molecule has 0 spiro atoms. The van der Waals surface area contributed by atoms with Gasteiger partial charge in [-0.2, -0.15) is 0 Å². The van der Waals surface area contributed by atoms with Crippen LogP contribution in [0.15, 0.2) is 24.3 Å². The van der Waals surface area contributed by atoms with Crippen molar-refractivity contribution in [2.45, 2.75) is 52.4 Å². The molecule has 1 aromatic carbocycles. The molecule has 0 nitrogen and oxygen atoms in total. The molecule has 0 aliphatic heterocycles. The van der Waals surface area contributed by atoms with E-state index in [0.717, 1.165) is 10.9 Å². The molecule has 90 valence electrons. The Morgan fingerprint density at radius 1 is 1.06 bits per heavy atom. The zero-order chi connectivity index (χ0) is 11.8. The fraction of sp³-hybridized carbons (Fsp3) is 0.600. The summed E-state index contributed by atoms with van der Waals surface area (Å²) in [5.74, 6) is 0.855. The predicted octanol–water partition coefficient (Wildman–Crippen LogP) is 5.49. The molecule has 1 aromatic rings. The molecule has 1 heteroatoms. The number of benzene rings is 1. The average molecular weight is 239 g/mol. The van der Waals surface area contributed by atoms with Crippen molar-refractivity contribution in [3.8, 4) is 0 Å². The third-order valence-electron chi connectivity index (χ3n) is 2.89. The molecule has 0 saturated carbocycles. The minimum Gasteiger partial charge on any atom is -0.0843 e. The van der Waals surface area contributed by atoms with Gasteiger partial charge in [-0.15, -0.1) is 0 Å². The maximum absolute atomic E-state index is 5.94. The fourth-order valence-corrected chi connectivity index (χ4v) is 2.14. The van der Waals surface area contributed by atoms with Gasteiger partial charge in [0.1, 0.15) is 0 Å². The van der Waals surface area contributed by atoms with E-state index in [1.807, 2.05) is 12.1 Å². The quantitative estimate of drug-likeness (QED) is 0.551. The van der Waals surface area contributed by atoms with E-state index in [4.69, 9.17) is 11.6 Å². The maximum atomic E-state index is 5.94. The number of hydrogen-bond donors (Lipinski definition) is 0. The summed E-state index contributed by atoms with van der Waals surface area (Å²) in [6, 6.07) is 8.22. The Kier molecular flexibility index (Phi) is 6.56. The van der Waals surface area contributed by atoms with Gasteiger partial charge in [0, 0.05) is 5.02 Å². The van der Waals surface area contributed by atoms with Crippen LogP contribution in [-0.4, -0.2) is 0 Å². The van der Waals surface area contributed by atoms with E-state index < -0.39 is 0 Å². The Morgan fingerprint density at radius 3 is 2.50 bits per heavy atom. The van der Waals surface area contributed by atoms with Gasteiger partial charge in [0.05, 0.1) is 0 Å². The lowest BCUT2D eigenvalue weighted by molar-refractivity contribution is 0.520. The Morgan fingerprint density at radius 2 is 1.81 bits per heavy atom. The molecule has 0 heterocycles. The molecule has 0 aromatic heterocycles. The van der Waals surface area contributed by atoms with Gasteiger partial charge in [0.15, 0.2) is 0 Å². The SMILES string of the molecule is CC(C)CCCCCCc1cccc(Cl)c1. The molecule has 0 saturated heterocycles. The first-order valence-electron chi connectivity index (χ1n) is 6.43. The van der Waals surface area contributed by atoms with Gasteiger partial charge in [0.25, 0.3) is 0 Å². The second-order valence-corrected chi connectivity index (χ2v) is 5.41. The lowest BCUT2D eigenvalue weighted by Crippen LogP contribution is -1.89. The summed E-state index contributed by atoms with van der Waals surface area (Å²) in [4.78, 5) is 0. The average Bonchev–Trinajstić information content (AvgIpc) is 2.23. The highest BCUT2D eigenvalue weighted by molar-refractivity contribution is 6.30. The first-order valence-corrected chi connectivity index (χ1v) is 6.80. The number of hydrogen-bond acceptors (Lipinski definition) is 0. The van der Waals surface area contributed by atoms with Crippen molar-refractivity contribution in [1.82, 2.24) is 0 Å². The van der Waals surface area contributed by atoms with Crippen LogP contribution in [0.3, 0.4) is 0 Å². The largest absolute Gasteiger partial charge is 0.0843 e. The van der Waals surface area contributed by atoms with Crippen LogP contribution in [0.5, 0.6) is 0 Å². The summed E-state index contributed by atoms with van der Waals surface area (Å²) in [6.45, 7) is 4.60. The van der Waals surface area contributed by atoms with Gasteiger partial charge in [-0.3, -0.25) is 0 Å². The van der Waals surface area contributed by atoms with Gasteiger partial charge in [-0.05, 0) is 36.5 Å². The highest BCUT2D eigenvalue weighted by Crippen LogP contribution is 2.15. The van der Waals surface area contributed by atoms with E-state index in [2.05, 4.69) is 26.0 Å². The van der Waals surface area contributed by atoms with Gasteiger partial charge >= 0.3 is 0 Å². The minimum absolute atomic E-state index is 0.855. The predicted molar refractivity (Wildman–Crippen MR) is 73.1 cm³/mol. The van der Waals surface area contributed by atoms with E-state index in [0.29, 0.717) is 0 Å². The Labute approximate surface area is 105 Å². The molecule has 0 fully saturated rings. The van der Waals surface area contributed by atoms with Crippen molar-refractivity contribution in [3.05, 3.63) is 34.9 Å². The molecule has 1 rings (SSSR count). The van der Waals surface area contributed by atoms with E-state index in [1.54, 1.807) is 0 Å². The summed E-state index contributed by atoms with van der Waals surface area (Å²) < 4.78 is 0. The van der Waals surface area contributed by atoms with E-state index in [9.17, 15) is 0 Å². The van der Waals surface area contributed by atoms with Gasteiger partial charge in [-0.25, -0.2) is 0 Å². The highest BCUT2D eigenvalue weighted by atomic mass is 35.5. The third-order valence-corrected chi connectivity index (χ3v) is 3.12. The number of halogens is 1. The minimum atomic E-state index is 0.855. The van der Waals surface area contributed by atoms with Gasteiger partial charge < -0.3 is 0 Å². The van der Waals surface area contributed by atoms with Crippen LogP contribution in [0.25, 0.3) is 0 Å². The maximum Gasteiger partial charge on any atom is 0.0408 e. The lowest BCUT2D eigenvalue weighted by Gasteiger charge is -2.04. The topological polar surface area (TPSA) is 0 Å². The number of unbranched alkanes of at least 4 members (excludes halogenated alkanes) is 3. The van der Waals surface area contributed by atoms with E-state index in [1.165, 1.54) is 44.1 Å². The first kappa shape index (κ1) is 13.6. The van der Waals surface area contributed by atoms with Gasteiger partial charge in [-0.1, -0.05) is 63.3 Å². The second-order valence-electron chi connectivity index (χ2n) is 4.98. The number of rotatable bonds is 7. The summed E-state index contributed by atoms with van der Waals surface area (Å²) in [5, 5.41) is 0.859. The van der Waals surface area contributed by atoms with Crippen LogP contribution in [0, 0.1) is 5.92 Å². The molecule has 0 bridgehead atoms. The molecule has 0 aliphatic rings. The molecule has 0 amide bonds. The zero-order valence-electron chi connectivity index (χ0n) is 10.5. The summed E-state index contributed by atoms with van der Waals surface area (Å²) in [6.07, 6.45) is 7.93. The third kappa shape index (κ3) is 6.17. The van der Waals surface area contributed by atoms with Crippen LogP contribution < -0.4 is 0 Å². The molecule has 0 N–H and O–H groups in total. The van der Waals surface area contributed by atoms with Crippen molar-refractivity contribution in [2.75, 3.05) is 0 Å². The summed E-state index contributed by atoms with van der Waals surface area (Å²) >= 11 is 5.94. The molecule has 0 aliphatic carbocycles. The van der Waals surface area contributed by atoms with E-state index >= 15 is 0 Å². The number of aryl methyl sites for hydroxylation is 1. The molecule has 0 radical (unpaired) electrons. The first-order chi connectivity index (χ1) is 7.68. The highest BCUT2D eigenvalue weighted by Gasteiger charge is 1.96. The second kappa shape index (κ2) is 7.73. The molecule has 0 unspecified atom stereocenters. The summed E-state index contributed by atoms with van der Waals surface area (Å²) in [5.41, 5.74) is 1.37. The van der Waals surface area contributed by atoms with Crippen LogP contribution in [0.4, 0.5) is 0 Å². The smallest absolute Gasteiger partial charge is 0.0408 e. The standard InChI is InChI=1S/C15H23Cl/c1-13(2)8-5-3-4-6-9-14-10-7-11-15(16)12-14/h7,10-13H,3-6,8-9H2,1-2H3. The van der Waals surface area contributed by atoms with Crippen LogP contribution in [0.1, 0.15) is 51.5 Å². The van der Waals surface area contributed by atoms with Crippen molar-refractivity contribution < 1.29 is 0 Å². The Balaban J connectivity index is 2.07. The van der Waals surface area contributed by atoms with Crippen LogP contribution in [-0.2, 0) is 6.42 Å². The zero-order valence-corrected chi connectivity index (χ0v) is 11.3. The lowest BCUT2D eigenvalue weighted by atomic mass is 10.0. The normalized spacial score (nSPS) is 11.0. The monoisotopic (exact) mass is 238 g/mol. The van der Waals surface area contributed by atoms with E-state index in [-0.39, 0.29) is 0 Å². The van der Waals surface area contributed by atoms with Crippen LogP contribution in [0.2, 0.25) is 5.02 Å². The van der Waals surface area contributed by atoms with Crippen molar-refractivity contribution >= 4 is 11.6 Å². The van der Waals surface area contributed by atoms with Crippen molar-refractivity contribution in [2.24, 2.45) is 5.92 Å². The molecule has 0 atom stereocenters. The van der Waals surface area contributed by atoms with Crippen molar-refractivity contribution in [1.29, 1.82) is 0 Å². The Bertz CT molecular complexity index is 291. The van der Waals surface area contributed by atoms with Crippen LogP contribution >= 0.6 is 11.6 Å². The van der Waals surface area contributed by atoms with Gasteiger partial charge in [0.2, 0.25) is 0 Å². The Hall–Kier alpha value is -0.490. The fourth-order valence-electron chi connectivity index (χ4n) is 1.93. The van der Waals surface area contributed by atoms with Crippen molar-refractivity contribution in [3.63, 3.8) is 0 Å².